The standard InChI is InChI=1S/C19H18/c1-13-4-9-17(10-5-13)19-15(3)7-11-16-8-6-14(2)12-18(16)19/h4-12H,1-3H3. The van der Waals surface area contributed by atoms with Crippen molar-refractivity contribution in [2.45, 2.75) is 20.8 Å². The van der Waals surface area contributed by atoms with Crippen LogP contribution in [0.3, 0.4) is 0 Å². The Kier molecular flexibility index (Phi) is 2.87. The van der Waals surface area contributed by atoms with E-state index in [0.717, 1.165) is 0 Å². The molecular formula is C19H18. The molecule has 0 aliphatic heterocycles. The zero-order valence-electron chi connectivity index (χ0n) is 11.7. The summed E-state index contributed by atoms with van der Waals surface area (Å²) in [7, 11) is 0. The SMILES string of the molecule is Cc1ccc(-c2c(C)ccc3ccc(C)cc23)cc1. The average molecular weight is 246 g/mol. The highest BCUT2D eigenvalue weighted by Crippen LogP contribution is 2.32. The molecule has 0 aliphatic carbocycles. The second-order valence-corrected chi connectivity index (χ2v) is 5.35. The first-order chi connectivity index (χ1) is 9.15. The van der Waals surface area contributed by atoms with E-state index in [2.05, 4.69) is 75.4 Å². The number of rotatable bonds is 1. The van der Waals surface area contributed by atoms with Gasteiger partial charge in [-0.25, -0.2) is 0 Å². The molecule has 0 heteroatoms. The van der Waals surface area contributed by atoms with Gasteiger partial charge in [0, 0.05) is 0 Å². The number of fused-ring (bicyclic) bond motifs is 1. The molecule has 0 amide bonds. The predicted molar refractivity (Wildman–Crippen MR) is 83.6 cm³/mol. The van der Waals surface area contributed by atoms with Gasteiger partial charge in [0.2, 0.25) is 0 Å². The van der Waals surface area contributed by atoms with Crippen molar-refractivity contribution in [3.8, 4) is 11.1 Å². The van der Waals surface area contributed by atoms with Crippen LogP contribution in [0, 0.1) is 20.8 Å². The van der Waals surface area contributed by atoms with E-state index < -0.39 is 0 Å². The Labute approximate surface area is 114 Å². The van der Waals surface area contributed by atoms with Crippen molar-refractivity contribution >= 4 is 10.8 Å². The van der Waals surface area contributed by atoms with Crippen molar-refractivity contribution in [1.29, 1.82) is 0 Å². The van der Waals surface area contributed by atoms with E-state index in [0.29, 0.717) is 0 Å². The van der Waals surface area contributed by atoms with E-state index in [1.165, 1.54) is 38.6 Å². The van der Waals surface area contributed by atoms with Gasteiger partial charge in [-0.15, -0.1) is 0 Å². The van der Waals surface area contributed by atoms with Crippen molar-refractivity contribution in [2.75, 3.05) is 0 Å². The molecule has 3 aromatic carbocycles. The summed E-state index contributed by atoms with van der Waals surface area (Å²) in [6.07, 6.45) is 0. The minimum absolute atomic E-state index is 1.30. The van der Waals surface area contributed by atoms with Gasteiger partial charge in [-0.05, 0) is 48.2 Å². The van der Waals surface area contributed by atoms with Crippen LogP contribution >= 0.6 is 0 Å². The Morgan fingerprint density at radius 3 is 2.00 bits per heavy atom. The smallest absolute Gasteiger partial charge is 0.00760 e. The van der Waals surface area contributed by atoms with Crippen molar-refractivity contribution < 1.29 is 0 Å². The van der Waals surface area contributed by atoms with E-state index >= 15 is 0 Å². The molecule has 0 saturated carbocycles. The highest BCUT2D eigenvalue weighted by Gasteiger charge is 2.07. The lowest BCUT2D eigenvalue weighted by atomic mass is 9.93. The van der Waals surface area contributed by atoms with Crippen LogP contribution in [0.5, 0.6) is 0 Å². The third-order valence-corrected chi connectivity index (χ3v) is 3.73. The van der Waals surface area contributed by atoms with Gasteiger partial charge < -0.3 is 0 Å². The van der Waals surface area contributed by atoms with Crippen molar-refractivity contribution in [3.05, 3.63) is 71.3 Å². The monoisotopic (exact) mass is 246 g/mol. The lowest BCUT2D eigenvalue weighted by molar-refractivity contribution is 1.44. The first-order valence-electron chi connectivity index (χ1n) is 6.72. The normalized spacial score (nSPS) is 10.9. The number of hydrogen-bond donors (Lipinski definition) is 0. The molecular weight excluding hydrogens is 228 g/mol. The summed E-state index contributed by atoms with van der Waals surface area (Å²) in [5.41, 5.74) is 6.62. The van der Waals surface area contributed by atoms with Gasteiger partial charge in [-0.1, -0.05) is 65.7 Å². The maximum absolute atomic E-state index is 2.29. The Morgan fingerprint density at radius 2 is 1.26 bits per heavy atom. The molecule has 0 atom stereocenters. The van der Waals surface area contributed by atoms with Crippen LogP contribution in [0.4, 0.5) is 0 Å². The lowest BCUT2D eigenvalue weighted by Crippen LogP contribution is -1.87. The fourth-order valence-corrected chi connectivity index (χ4v) is 2.65. The van der Waals surface area contributed by atoms with Crippen LogP contribution in [0.25, 0.3) is 21.9 Å². The Bertz CT molecular complexity index is 729. The zero-order valence-corrected chi connectivity index (χ0v) is 11.7. The molecule has 0 radical (unpaired) electrons. The minimum atomic E-state index is 1.30. The minimum Gasteiger partial charge on any atom is -0.0587 e. The maximum Gasteiger partial charge on any atom is -0.00760 e. The van der Waals surface area contributed by atoms with Gasteiger partial charge in [0.1, 0.15) is 0 Å². The molecule has 0 aromatic heterocycles. The number of hydrogen-bond acceptors (Lipinski definition) is 0. The third-order valence-electron chi connectivity index (χ3n) is 3.73. The fourth-order valence-electron chi connectivity index (χ4n) is 2.65. The van der Waals surface area contributed by atoms with Crippen LogP contribution in [0.15, 0.2) is 54.6 Å². The molecule has 19 heavy (non-hydrogen) atoms. The second-order valence-electron chi connectivity index (χ2n) is 5.35. The molecule has 3 rings (SSSR count). The summed E-state index contributed by atoms with van der Waals surface area (Å²) in [6.45, 7) is 6.47. The van der Waals surface area contributed by atoms with Crippen LogP contribution in [0.2, 0.25) is 0 Å². The Hall–Kier alpha value is -2.08. The van der Waals surface area contributed by atoms with E-state index in [9.17, 15) is 0 Å². The van der Waals surface area contributed by atoms with Crippen LogP contribution < -0.4 is 0 Å². The fraction of sp³-hybridized carbons (Fsp3) is 0.158. The summed E-state index contributed by atoms with van der Waals surface area (Å²) in [4.78, 5) is 0. The summed E-state index contributed by atoms with van der Waals surface area (Å²) in [5, 5.41) is 2.66. The summed E-state index contributed by atoms with van der Waals surface area (Å²) in [5.74, 6) is 0. The molecule has 0 heterocycles. The van der Waals surface area contributed by atoms with Crippen LogP contribution in [-0.4, -0.2) is 0 Å². The zero-order chi connectivity index (χ0) is 13.4. The average Bonchev–Trinajstić information content (AvgIpc) is 2.40. The number of aryl methyl sites for hydroxylation is 3. The quantitative estimate of drug-likeness (QED) is 0.537. The third kappa shape index (κ3) is 2.15. The van der Waals surface area contributed by atoms with E-state index in [4.69, 9.17) is 0 Å². The van der Waals surface area contributed by atoms with E-state index in [1.54, 1.807) is 0 Å². The summed E-state index contributed by atoms with van der Waals surface area (Å²) in [6, 6.07) is 19.9. The first-order valence-corrected chi connectivity index (χ1v) is 6.72. The molecule has 0 unspecified atom stereocenters. The Morgan fingerprint density at radius 1 is 0.632 bits per heavy atom. The summed E-state index contributed by atoms with van der Waals surface area (Å²) >= 11 is 0. The van der Waals surface area contributed by atoms with E-state index in [-0.39, 0.29) is 0 Å². The lowest BCUT2D eigenvalue weighted by Gasteiger charge is -2.12. The first kappa shape index (κ1) is 12.0. The predicted octanol–water partition coefficient (Wildman–Crippen LogP) is 5.43. The highest BCUT2D eigenvalue weighted by atomic mass is 14.1. The van der Waals surface area contributed by atoms with Gasteiger partial charge in [-0.2, -0.15) is 0 Å². The molecule has 0 saturated heterocycles. The van der Waals surface area contributed by atoms with Gasteiger partial charge in [0.15, 0.2) is 0 Å². The van der Waals surface area contributed by atoms with Crippen molar-refractivity contribution in [3.63, 3.8) is 0 Å². The molecule has 3 aromatic rings. The van der Waals surface area contributed by atoms with E-state index in [1.807, 2.05) is 0 Å². The topological polar surface area (TPSA) is 0 Å². The second kappa shape index (κ2) is 4.55. The van der Waals surface area contributed by atoms with Gasteiger partial charge >= 0.3 is 0 Å². The largest absolute Gasteiger partial charge is 0.0587 e. The molecule has 0 fully saturated rings. The van der Waals surface area contributed by atoms with Gasteiger partial charge in [-0.3, -0.25) is 0 Å². The molecule has 94 valence electrons. The Balaban J connectivity index is 2.35. The molecule has 0 nitrogen and oxygen atoms in total. The van der Waals surface area contributed by atoms with Crippen LogP contribution in [-0.2, 0) is 0 Å². The highest BCUT2D eigenvalue weighted by molar-refractivity contribution is 5.98. The number of benzene rings is 3. The summed E-state index contributed by atoms with van der Waals surface area (Å²) < 4.78 is 0. The molecule has 0 bridgehead atoms. The van der Waals surface area contributed by atoms with Crippen LogP contribution in [0.1, 0.15) is 16.7 Å². The molecule has 0 N–H and O–H groups in total. The van der Waals surface area contributed by atoms with Gasteiger partial charge in [0.05, 0.1) is 0 Å². The van der Waals surface area contributed by atoms with Gasteiger partial charge in [0.25, 0.3) is 0 Å². The molecule has 0 spiro atoms. The molecule has 0 aliphatic rings. The van der Waals surface area contributed by atoms with Crippen molar-refractivity contribution in [1.82, 2.24) is 0 Å². The maximum atomic E-state index is 2.29. The van der Waals surface area contributed by atoms with Crippen molar-refractivity contribution in [2.24, 2.45) is 0 Å².